The smallest absolute Gasteiger partial charge is 0.271 e. The summed E-state index contributed by atoms with van der Waals surface area (Å²) in [6, 6.07) is 5.83. The van der Waals surface area contributed by atoms with E-state index >= 15 is 0 Å². The highest BCUT2D eigenvalue weighted by molar-refractivity contribution is 5.91. The number of anilines is 1. The van der Waals surface area contributed by atoms with Crippen molar-refractivity contribution in [2.45, 2.75) is 19.8 Å². The van der Waals surface area contributed by atoms with E-state index in [1.165, 1.54) is 6.20 Å². The second-order valence-corrected chi connectivity index (χ2v) is 5.41. The third-order valence-electron chi connectivity index (χ3n) is 3.59. The van der Waals surface area contributed by atoms with Crippen molar-refractivity contribution in [1.29, 1.82) is 0 Å². The Kier molecular flexibility index (Phi) is 7.00. The molecule has 2 rings (SSSR count). The summed E-state index contributed by atoms with van der Waals surface area (Å²) >= 11 is 0. The molecule has 0 aliphatic carbocycles. The second-order valence-electron chi connectivity index (χ2n) is 5.41. The molecule has 0 bridgehead atoms. The molecular weight excluding hydrogens is 320 g/mol. The third-order valence-corrected chi connectivity index (χ3v) is 3.59. The first-order valence-electron chi connectivity index (χ1n) is 8.23. The number of nitrogens with one attached hydrogen (secondary N) is 2. The Labute approximate surface area is 147 Å². The highest BCUT2D eigenvalue weighted by Gasteiger charge is 2.07. The first-order chi connectivity index (χ1) is 12.2. The van der Waals surface area contributed by atoms with Crippen LogP contribution in [0, 0.1) is 0 Å². The molecule has 1 aromatic heterocycles. The van der Waals surface area contributed by atoms with Crippen molar-refractivity contribution < 1.29 is 14.3 Å². The largest absolute Gasteiger partial charge is 0.493 e. The Morgan fingerprint density at radius 3 is 2.52 bits per heavy atom. The van der Waals surface area contributed by atoms with Gasteiger partial charge in [0.15, 0.2) is 11.5 Å². The maximum Gasteiger partial charge on any atom is 0.271 e. The van der Waals surface area contributed by atoms with Gasteiger partial charge in [-0.2, -0.15) is 0 Å². The summed E-state index contributed by atoms with van der Waals surface area (Å²) in [5, 5.41) is 5.96. The molecule has 0 aliphatic rings. The predicted octanol–water partition coefficient (Wildman–Crippen LogP) is 2.29. The summed E-state index contributed by atoms with van der Waals surface area (Å²) in [7, 11) is 3.23. The number of nitrogens with zero attached hydrogens (tertiary/aromatic N) is 2. The molecule has 1 amide bonds. The second kappa shape index (κ2) is 9.46. The topological polar surface area (TPSA) is 85.4 Å². The first-order valence-corrected chi connectivity index (χ1v) is 8.23. The van der Waals surface area contributed by atoms with Gasteiger partial charge in [0, 0.05) is 13.1 Å². The van der Waals surface area contributed by atoms with E-state index in [0.29, 0.717) is 36.1 Å². The van der Waals surface area contributed by atoms with Gasteiger partial charge in [-0.25, -0.2) is 9.97 Å². The Morgan fingerprint density at radius 1 is 1.08 bits per heavy atom. The lowest BCUT2D eigenvalue weighted by Crippen LogP contribution is -2.25. The van der Waals surface area contributed by atoms with Crippen molar-refractivity contribution in [3.05, 3.63) is 41.9 Å². The number of aromatic nitrogens is 2. The molecular formula is C18H24N4O3. The Balaban J connectivity index is 1.86. The molecule has 7 heteroatoms. The molecule has 134 valence electrons. The van der Waals surface area contributed by atoms with Crippen molar-refractivity contribution in [2.24, 2.45) is 0 Å². The van der Waals surface area contributed by atoms with E-state index in [4.69, 9.17) is 9.47 Å². The van der Waals surface area contributed by atoms with E-state index in [-0.39, 0.29) is 5.91 Å². The van der Waals surface area contributed by atoms with Crippen molar-refractivity contribution in [2.75, 3.05) is 32.6 Å². The molecule has 0 unspecified atom stereocenters. The SMILES string of the molecule is CCCNC(=O)c1cnc(NCCc2ccc(OC)c(OC)c2)cn1. The van der Waals surface area contributed by atoms with E-state index in [1.807, 2.05) is 25.1 Å². The summed E-state index contributed by atoms with van der Waals surface area (Å²) in [4.78, 5) is 20.1. The number of ether oxygens (including phenoxy) is 2. The highest BCUT2D eigenvalue weighted by Crippen LogP contribution is 2.27. The van der Waals surface area contributed by atoms with Gasteiger partial charge in [-0.15, -0.1) is 0 Å². The number of rotatable bonds is 9. The zero-order valence-electron chi connectivity index (χ0n) is 14.8. The minimum absolute atomic E-state index is 0.203. The number of carbonyl (C=O) groups excluding carboxylic acids is 1. The van der Waals surface area contributed by atoms with Crippen LogP contribution >= 0.6 is 0 Å². The molecule has 2 N–H and O–H groups in total. The Bertz CT molecular complexity index is 689. The molecule has 0 atom stereocenters. The van der Waals surface area contributed by atoms with Gasteiger partial charge in [-0.05, 0) is 30.5 Å². The Morgan fingerprint density at radius 2 is 1.88 bits per heavy atom. The van der Waals surface area contributed by atoms with E-state index < -0.39 is 0 Å². The lowest BCUT2D eigenvalue weighted by Gasteiger charge is -2.10. The molecule has 7 nitrogen and oxygen atoms in total. The van der Waals surface area contributed by atoms with Crippen LogP contribution in [0.4, 0.5) is 5.82 Å². The van der Waals surface area contributed by atoms with Gasteiger partial charge in [0.25, 0.3) is 5.91 Å². The summed E-state index contributed by atoms with van der Waals surface area (Å²) in [5.41, 5.74) is 1.44. The van der Waals surface area contributed by atoms with Crippen molar-refractivity contribution >= 4 is 11.7 Å². The number of hydrogen-bond donors (Lipinski definition) is 2. The minimum atomic E-state index is -0.203. The summed E-state index contributed by atoms with van der Waals surface area (Å²) < 4.78 is 10.5. The maximum absolute atomic E-state index is 11.8. The van der Waals surface area contributed by atoms with Crippen LogP contribution in [0.5, 0.6) is 11.5 Å². The number of methoxy groups -OCH3 is 2. The van der Waals surface area contributed by atoms with Gasteiger partial charge >= 0.3 is 0 Å². The monoisotopic (exact) mass is 344 g/mol. The van der Waals surface area contributed by atoms with E-state index in [0.717, 1.165) is 18.4 Å². The zero-order valence-corrected chi connectivity index (χ0v) is 14.8. The van der Waals surface area contributed by atoms with Gasteiger partial charge in [0.05, 0.1) is 26.6 Å². The van der Waals surface area contributed by atoms with Crippen LogP contribution in [0.15, 0.2) is 30.6 Å². The van der Waals surface area contributed by atoms with E-state index in [9.17, 15) is 4.79 Å². The molecule has 0 radical (unpaired) electrons. The lowest BCUT2D eigenvalue weighted by molar-refractivity contribution is 0.0948. The average molecular weight is 344 g/mol. The van der Waals surface area contributed by atoms with Crippen LogP contribution in [0.2, 0.25) is 0 Å². The van der Waals surface area contributed by atoms with Gasteiger partial charge in [-0.3, -0.25) is 4.79 Å². The highest BCUT2D eigenvalue weighted by atomic mass is 16.5. The molecule has 0 fully saturated rings. The average Bonchev–Trinajstić information content (AvgIpc) is 2.66. The van der Waals surface area contributed by atoms with Gasteiger partial charge in [-0.1, -0.05) is 13.0 Å². The van der Waals surface area contributed by atoms with Gasteiger partial charge in [0.2, 0.25) is 0 Å². The number of hydrogen-bond acceptors (Lipinski definition) is 6. The number of amides is 1. The van der Waals surface area contributed by atoms with Crippen LogP contribution < -0.4 is 20.1 Å². The quantitative estimate of drug-likeness (QED) is 0.726. The molecule has 25 heavy (non-hydrogen) atoms. The van der Waals surface area contributed by atoms with Crippen LogP contribution in [0.25, 0.3) is 0 Å². The summed E-state index contributed by atoms with van der Waals surface area (Å²) in [5.74, 6) is 1.85. The standard InChI is InChI=1S/C18H24N4O3/c1-4-8-20-18(23)14-11-22-17(12-21-14)19-9-7-13-5-6-15(24-2)16(10-13)25-3/h5-6,10-12H,4,7-9H2,1-3H3,(H,19,22)(H,20,23). The van der Waals surface area contributed by atoms with Crippen LogP contribution in [0.3, 0.4) is 0 Å². The molecule has 1 heterocycles. The van der Waals surface area contributed by atoms with Crippen molar-refractivity contribution in [3.8, 4) is 11.5 Å². The van der Waals surface area contributed by atoms with Crippen molar-refractivity contribution in [3.63, 3.8) is 0 Å². The number of benzene rings is 1. The predicted molar refractivity (Wildman–Crippen MR) is 96.4 cm³/mol. The molecule has 0 saturated carbocycles. The fourth-order valence-electron chi connectivity index (χ4n) is 2.24. The normalized spacial score (nSPS) is 10.2. The fraction of sp³-hybridized carbons (Fsp3) is 0.389. The van der Waals surface area contributed by atoms with Crippen molar-refractivity contribution in [1.82, 2.24) is 15.3 Å². The zero-order chi connectivity index (χ0) is 18.1. The van der Waals surface area contributed by atoms with Gasteiger partial charge in [0.1, 0.15) is 11.5 Å². The molecule has 0 spiro atoms. The summed E-state index contributed by atoms with van der Waals surface area (Å²) in [6.07, 6.45) is 4.72. The molecule has 2 aromatic rings. The van der Waals surface area contributed by atoms with E-state index in [1.54, 1.807) is 20.4 Å². The lowest BCUT2D eigenvalue weighted by atomic mass is 10.1. The minimum Gasteiger partial charge on any atom is -0.493 e. The number of carbonyl (C=O) groups is 1. The Hall–Kier alpha value is -2.83. The van der Waals surface area contributed by atoms with E-state index in [2.05, 4.69) is 20.6 Å². The van der Waals surface area contributed by atoms with Crippen LogP contribution in [-0.2, 0) is 6.42 Å². The summed E-state index contributed by atoms with van der Waals surface area (Å²) in [6.45, 7) is 3.31. The first kappa shape index (κ1) is 18.5. The third kappa shape index (κ3) is 5.34. The van der Waals surface area contributed by atoms with Gasteiger partial charge < -0.3 is 20.1 Å². The van der Waals surface area contributed by atoms with Crippen LogP contribution in [0.1, 0.15) is 29.4 Å². The maximum atomic E-state index is 11.8. The molecule has 0 saturated heterocycles. The fourth-order valence-corrected chi connectivity index (χ4v) is 2.24. The molecule has 0 aliphatic heterocycles. The van der Waals surface area contributed by atoms with Crippen LogP contribution in [-0.4, -0.2) is 43.2 Å². The molecule has 1 aromatic carbocycles.